The van der Waals surface area contributed by atoms with Crippen LogP contribution in [-0.2, 0) is 9.47 Å². The molecular formula is C9H16N4O2. The summed E-state index contributed by atoms with van der Waals surface area (Å²) in [5, 5.41) is 6.01. The van der Waals surface area contributed by atoms with Gasteiger partial charge in [-0.25, -0.2) is 9.97 Å². The largest absolute Gasteiger partial charge is 0.373 e. The molecule has 0 bridgehead atoms. The van der Waals surface area contributed by atoms with E-state index in [0.29, 0.717) is 6.54 Å². The van der Waals surface area contributed by atoms with Gasteiger partial charge in [0.25, 0.3) is 0 Å². The lowest BCUT2D eigenvalue weighted by Gasteiger charge is -2.14. The third-order valence-corrected chi connectivity index (χ3v) is 1.90. The van der Waals surface area contributed by atoms with E-state index in [4.69, 9.17) is 9.47 Å². The Morgan fingerprint density at radius 1 is 1.27 bits per heavy atom. The average Bonchev–Trinajstić information content (AvgIpc) is 2.31. The number of nitrogens with zero attached hydrogens (tertiary/aromatic N) is 2. The smallest absolute Gasteiger partial charge is 0.173 e. The molecule has 0 spiro atoms. The molecule has 0 aliphatic rings. The molecular weight excluding hydrogens is 196 g/mol. The number of aromatic nitrogens is 2. The van der Waals surface area contributed by atoms with E-state index in [0.717, 1.165) is 11.6 Å². The van der Waals surface area contributed by atoms with E-state index < -0.39 is 0 Å². The van der Waals surface area contributed by atoms with Gasteiger partial charge in [0.15, 0.2) is 6.29 Å². The molecule has 6 nitrogen and oxygen atoms in total. The minimum Gasteiger partial charge on any atom is -0.373 e. The van der Waals surface area contributed by atoms with Gasteiger partial charge < -0.3 is 20.1 Å². The van der Waals surface area contributed by atoms with Gasteiger partial charge in [-0.2, -0.15) is 0 Å². The number of rotatable bonds is 6. The fraction of sp³-hybridized carbons (Fsp3) is 0.556. The number of methoxy groups -OCH3 is 2. The molecule has 0 saturated carbocycles. The molecule has 1 aromatic rings. The molecule has 0 atom stereocenters. The number of ether oxygens (including phenoxy) is 2. The van der Waals surface area contributed by atoms with Crippen LogP contribution in [0.3, 0.4) is 0 Å². The summed E-state index contributed by atoms with van der Waals surface area (Å²) in [5.41, 5.74) is 0. The Balaban J connectivity index is 2.49. The fourth-order valence-corrected chi connectivity index (χ4v) is 1.04. The second-order valence-electron chi connectivity index (χ2n) is 2.82. The van der Waals surface area contributed by atoms with E-state index in [-0.39, 0.29) is 6.29 Å². The van der Waals surface area contributed by atoms with Crippen LogP contribution in [0.15, 0.2) is 12.4 Å². The van der Waals surface area contributed by atoms with Crippen molar-refractivity contribution in [2.45, 2.75) is 6.29 Å². The van der Waals surface area contributed by atoms with Crippen molar-refractivity contribution in [2.75, 3.05) is 38.4 Å². The van der Waals surface area contributed by atoms with Crippen LogP contribution in [0.25, 0.3) is 0 Å². The second-order valence-corrected chi connectivity index (χ2v) is 2.82. The number of hydrogen-bond donors (Lipinski definition) is 2. The van der Waals surface area contributed by atoms with Crippen LogP contribution >= 0.6 is 0 Å². The molecule has 0 aliphatic heterocycles. The van der Waals surface area contributed by atoms with Crippen molar-refractivity contribution in [3.8, 4) is 0 Å². The maximum atomic E-state index is 5.03. The van der Waals surface area contributed by atoms with Gasteiger partial charge >= 0.3 is 0 Å². The van der Waals surface area contributed by atoms with Gasteiger partial charge in [-0.15, -0.1) is 0 Å². The lowest BCUT2D eigenvalue weighted by atomic mass is 10.5. The van der Waals surface area contributed by atoms with Crippen molar-refractivity contribution in [3.63, 3.8) is 0 Å². The quantitative estimate of drug-likeness (QED) is 0.671. The molecule has 1 heterocycles. The molecule has 15 heavy (non-hydrogen) atoms. The van der Waals surface area contributed by atoms with Crippen molar-refractivity contribution in [1.29, 1.82) is 0 Å². The highest BCUT2D eigenvalue weighted by atomic mass is 16.7. The summed E-state index contributed by atoms with van der Waals surface area (Å²) in [6.45, 7) is 0.535. The van der Waals surface area contributed by atoms with Gasteiger partial charge in [0, 0.05) is 27.3 Å². The summed E-state index contributed by atoms with van der Waals surface area (Å²) in [7, 11) is 4.99. The highest BCUT2D eigenvalue weighted by Gasteiger charge is 2.04. The van der Waals surface area contributed by atoms with Gasteiger partial charge in [-0.3, -0.25) is 0 Å². The number of hydrogen-bond acceptors (Lipinski definition) is 6. The average molecular weight is 212 g/mol. The summed E-state index contributed by atoms with van der Waals surface area (Å²) < 4.78 is 10.1. The number of nitrogens with one attached hydrogen (secondary N) is 2. The maximum absolute atomic E-state index is 5.03. The molecule has 0 aliphatic carbocycles. The minimum absolute atomic E-state index is 0.280. The van der Waals surface area contributed by atoms with E-state index in [2.05, 4.69) is 20.6 Å². The van der Waals surface area contributed by atoms with Crippen molar-refractivity contribution >= 4 is 11.6 Å². The van der Waals surface area contributed by atoms with E-state index in [1.165, 1.54) is 6.33 Å². The molecule has 0 fully saturated rings. The standard InChI is InChI=1S/C9H16N4O2/c1-10-7-4-8(13-6-12-7)11-5-9(14-2)15-3/h4,6,9H,5H2,1-3H3,(H2,10,11,12,13). The van der Waals surface area contributed by atoms with Gasteiger partial charge in [-0.05, 0) is 0 Å². The fourth-order valence-electron chi connectivity index (χ4n) is 1.04. The molecule has 84 valence electrons. The maximum Gasteiger partial charge on any atom is 0.173 e. The molecule has 1 rings (SSSR count). The van der Waals surface area contributed by atoms with Crippen LogP contribution in [0.4, 0.5) is 11.6 Å². The van der Waals surface area contributed by atoms with Gasteiger partial charge in [0.2, 0.25) is 0 Å². The van der Waals surface area contributed by atoms with Gasteiger partial charge in [0.1, 0.15) is 18.0 Å². The van der Waals surface area contributed by atoms with Crippen LogP contribution in [0, 0.1) is 0 Å². The summed E-state index contributed by atoms with van der Waals surface area (Å²) in [4.78, 5) is 8.06. The summed E-state index contributed by atoms with van der Waals surface area (Å²) in [6, 6.07) is 1.81. The Hall–Kier alpha value is -1.40. The van der Waals surface area contributed by atoms with Crippen LogP contribution in [-0.4, -0.2) is 44.1 Å². The zero-order chi connectivity index (χ0) is 11.1. The molecule has 2 N–H and O–H groups in total. The van der Waals surface area contributed by atoms with E-state index in [1.54, 1.807) is 21.3 Å². The first-order valence-electron chi connectivity index (χ1n) is 4.59. The highest BCUT2D eigenvalue weighted by molar-refractivity contribution is 5.45. The summed E-state index contributed by atoms with van der Waals surface area (Å²) >= 11 is 0. The Bertz CT molecular complexity index is 291. The molecule has 0 saturated heterocycles. The van der Waals surface area contributed by atoms with Crippen LogP contribution in [0.1, 0.15) is 0 Å². The van der Waals surface area contributed by atoms with Crippen molar-refractivity contribution in [3.05, 3.63) is 12.4 Å². The molecule has 0 radical (unpaired) electrons. The lowest BCUT2D eigenvalue weighted by Crippen LogP contribution is -2.24. The lowest BCUT2D eigenvalue weighted by molar-refractivity contribution is -0.0914. The Labute approximate surface area is 89.0 Å². The van der Waals surface area contributed by atoms with Gasteiger partial charge in [-0.1, -0.05) is 0 Å². The minimum atomic E-state index is -0.280. The molecule has 0 aromatic carbocycles. The third-order valence-electron chi connectivity index (χ3n) is 1.90. The first-order valence-corrected chi connectivity index (χ1v) is 4.59. The molecule has 6 heteroatoms. The summed E-state index contributed by atoms with van der Waals surface area (Å²) in [6.07, 6.45) is 1.21. The molecule has 1 aromatic heterocycles. The predicted octanol–water partition coefficient (Wildman–Crippen LogP) is 0.549. The normalized spacial score (nSPS) is 10.4. The van der Waals surface area contributed by atoms with Gasteiger partial charge in [0.05, 0.1) is 6.54 Å². The SMILES string of the molecule is CNc1cc(NCC(OC)OC)ncn1. The predicted molar refractivity (Wildman–Crippen MR) is 57.9 cm³/mol. The Kier molecular flexibility index (Phi) is 4.79. The van der Waals surface area contributed by atoms with Crippen LogP contribution < -0.4 is 10.6 Å². The van der Waals surface area contributed by atoms with E-state index >= 15 is 0 Å². The van der Waals surface area contributed by atoms with E-state index in [1.807, 2.05) is 6.07 Å². The Morgan fingerprint density at radius 3 is 2.53 bits per heavy atom. The van der Waals surface area contributed by atoms with Crippen molar-refractivity contribution < 1.29 is 9.47 Å². The highest BCUT2D eigenvalue weighted by Crippen LogP contribution is 2.07. The Morgan fingerprint density at radius 2 is 1.93 bits per heavy atom. The summed E-state index contributed by atoms with van der Waals surface area (Å²) in [5.74, 6) is 1.49. The zero-order valence-electron chi connectivity index (χ0n) is 9.15. The first-order chi connectivity index (χ1) is 7.30. The van der Waals surface area contributed by atoms with Crippen molar-refractivity contribution in [1.82, 2.24) is 9.97 Å². The molecule has 0 unspecified atom stereocenters. The monoisotopic (exact) mass is 212 g/mol. The molecule has 0 amide bonds. The number of anilines is 2. The van der Waals surface area contributed by atoms with E-state index in [9.17, 15) is 0 Å². The topological polar surface area (TPSA) is 68.3 Å². The second kappa shape index (κ2) is 6.15. The van der Waals surface area contributed by atoms with Crippen LogP contribution in [0.2, 0.25) is 0 Å². The third kappa shape index (κ3) is 3.69. The first kappa shape index (κ1) is 11.7. The zero-order valence-corrected chi connectivity index (χ0v) is 9.15. The van der Waals surface area contributed by atoms with Crippen LogP contribution in [0.5, 0.6) is 0 Å². The van der Waals surface area contributed by atoms with Crippen molar-refractivity contribution in [2.24, 2.45) is 0 Å².